The van der Waals surface area contributed by atoms with Crippen LogP contribution in [-0.2, 0) is 4.79 Å². The first-order chi connectivity index (χ1) is 13.6. The van der Waals surface area contributed by atoms with Crippen LogP contribution < -0.4 is 0 Å². The van der Waals surface area contributed by atoms with E-state index in [-0.39, 0.29) is 16.7 Å². The van der Waals surface area contributed by atoms with Gasteiger partial charge in [-0.05, 0) is 58.6 Å². The zero-order valence-corrected chi connectivity index (χ0v) is 17.6. The van der Waals surface area contributed by atoms with Crippen LogP contribution in [0.3, 0.4) is 0 Å². The van der Waals surface area contributed by atoms with Gasteiger partial charge in [-0.3, -0.25) is 0 Å². The summed E-state index contributed by atoms with van der Waals surface area (Å²) in [5.41, 5.74) is 4.92. The average Bonchev–Trinajstić information content (AvgIpc) is 2.60. The van der Waals surface area contributed by atoms with Gasteiger partial charge in [-0.25, -0.2) is 4.79 Å². The van der Waals surface area contributed by atoms with Crippen molar-refractivity contribution in [2.45, 2.75) is 46.5 Å². The first kappa shape index (κ1) is 20.9. The van der Waals surface area contributed by atoms with E-state index in [9.17, 15) is 9.90 Å². The summed E-state index contributed by atoms with van der Waals surface area (Å²) in [6, 6.07) is 15.6. The van der Waals surface area contributed by atoms with E-state index in [1.54, 1.807) is 18.2 Å². The number of benzene rings is 2. The molecule has 0 radical (unpaired) electrons. The summed E-state index contributed by atoms with van der Waals surface area (Å²) >= 11 is 0. The van der Waals surface area contributed by atoms with Gasteiger partial charge in [0.05, 0.1) is 0 Å². The Hall–Kier alpha value is -2.81. The molecule has 0 saturated heterocycles. The van der Waals surface area contributed by atoms with Crippen molar-refractivity contribution in [1.82, 2.24) is 0 Å². The van der Waals surface area contributed by atoms with E-state index in [1.165, 1.54) is 11.1 Å². The van der Waals surface area contributed by atoms with Crippen molar-refractivity contribution in [2.75, 3.05) is 0 Å². The number of phenolic OH excluding ortho intramolecular Hbond substituents is 1. The van der Waals surface area contributed by atoms with Crippen LogP contribution in [-0.4, -0.2) is 16.2 Å². The number of aliphatic carboxylic acids is 1. The molecule has 1 atom stereocenters. The van der Waals surface area contributed by atoms with Crippen molar-refractivity contribution in [3.8, 4) is 5.75 Å². The first-order valence-electron chi connectivity index (χ1n) is 10.1. The molecule has 29 heavy (non-hydrogen) atoms. The van der Waals surface area contributed by atoms with Gasteiger partial charge in [0, 0.05) is 12.0 Å². The third-order valence-corrected chi connectivity index (χ3v) is 5.70. The highest BCUT2D eigenvalue weighted by molar-refractivity contribution is 5.85. The molecular formula is C26H30O3. The molecule has 1 aliphatic rings. The molecule has 1 saturated carbocycles. The van der Waals surface area contributed by atoms with Crippen LogP contribution in [0, 0.1) is 10.8 Å². The molecule has 3 rings (SSSR count). The third-order valence-electron chi connectivity index (χ3n) is 5.70. The van der Waals surface area contributed by atoms with Crippen molar-refractivity contribution in [3.63, 3.8) is 0 Å². The van der Waals surface area contributed by atoms with Crippen molar-refractivity contribution in [3.05, 3.63) is 76.9 Å². The highest BCUT2D eigenvalue weighted by Crippen LogP contribution is 2.56. The van der Waals surface area contributed by atoms with E-state index in [2.05, 4.69) is 33.8 Å². The average molecular weight is 391 g/mol. The number of hydrogen-bond acceptors (Lipinski definition) is 2. The predicted molar refractivity (Wildman–Crippen MR) is 119 cm³/mol. The summed E-state index contributed by atoms with van der Waals surface area (Å²) in [6.07, 6.45) is 7.18. The summed E-state index contributed by atoms with van der Waals surface area (Å²) in [4.78, 5) is 10.7. The maximum atomic E-state index is 10.7. The molecule has 3 heteroatoms. The Kier molecular flexibility index (Phi) is 5.70. The Morgan fingerprint density at radius 3 is 2.14 bits per heavy atom. The van der Waals surface area contributed by atoms with Crippen LogP contribution in [0.5, 0.6) is 5.75 Å². The molecule has 0 amide bonds. The highest BCUT2D eigenvalue weighted by atomic mass is 16.4. The summed E-state index contributed by atoms with van der Waals surface area (Å²) in [5.74, 6) is -0.375. The zero-order chi connectivity index (χ0) is 21.2. The normalized spacial score (nSPS) is 22.1. The van der Waals surface area contributed by atoms with Crippen LogP contribution in [0.15, 0.2) is 60.2 Å². The number of carbonyl (C=O) groups is 1. The molecule has 3 nitrogen and oxygen atoms in total. The van der Waals surface area contributed by atoms with E-state index in [1.807, 2.05) is 36.4 Å². The van der Waals surface area contributed by atoms with E-state index in [0.29, 0.717) is 5.75 Å². The molecular weight excluding hydrogens is 360 g/mol. The number of carboxylic acids is 1. The van der Waals surface area contributed by atoms with Gasteiger partial charge in [0.25, 0.3) is 0 Å². The van der Waals surface area contributed by atoms with Gasteiger partial charge in [0.15, 0.2) is 0 Å². The molecule has 0 bridgehead atoms. The monoisotopic (exact) mass is 390 g/mol. The Bertz CT molecular complexity index is 929. The van der Waals surface area contributed by atoms with Gasteiger partial charge >= 0.3 is 5.97 Å². The smallest absolute Gasteiger partial charge is 0.328 e. The molecule has 2 aromatic rings. The lowest BCUT2D eigenvalue weighted by Crippen LogP contribution is -2.36. The minimum absolute atomic E-state index is 0.0920. The second-order valence-corrected chi connectivity index (χ2v) is 9.59. The van der Waals surface area contributed by atoms with Crippen molar-refractivity contribution >= 4 is 18.1 Å². The number of phenols is 1. The largest absolute Gasteiger partial charge is 0.508 e. The zero-order valence-electron chi connectivity index (χ0n) is 17.6. The predicted octanol–water partition coefficient (Wildman–Crippen LogP) is 6.50. The number of rotatable bonds is 4. The number of carboxylic acid groups (broad SMARTS) is 1. The number of aromatic hydroxyl groups is 1. The van der Waals surface area contributed by atoms with Crippen LogP contribution in [0.2, 0.25) is 0 Å². The van der Waals surface area contributed by atoms with Crippen LogP contribution in [0.1, 0.15) is 63.1 Å². The Morgan fingerprint density at radius 1 is 0.966 bits per heavy atom. The van der Waals surface area contributed by atoms with Crippen LogP contribution in [0.25, 0.3) is 12.2 Å². The van der Waals surface area contributed by atoms with E-state index < -0.39 is 5.97 Å². The van der Waals surface area contributed by atoms with Crippen LogP contribution >= 0.6 is 0 Å². The molecule has 1 unspecified atom stereocenters. The minimum Gasteiger partial charge on any atom is -0.508 e. The van der Waals surface area contributed by atoms with E-state index >= 15 is 0 Å². The summed E-state index contributed by atoms with van der Waals surface area (Å²) in [6.45, 7) is 9.32. The third kappa shape index (κ3) is 5.17. The Balaban J connectivity index is 2.00. The Morgan fingerprint density at radius 2 is 1.55 bits per heavy atom. The summed E-state index contributed by atoms with van der Waals surface area (Å²) in [5, 5.41) is 18.5. The van der Waals surface area contributed by atoms with Crippen molar-refractivity contribution < 1.29 is 15.0 Å². The molecule has 152 valence electrons. The molecule has 2 aromatic carbocycles. The SMILES string of the molecule is CC1(C)CC(=Cc2ccc(C=CC(=O)O)cc2)C(c2ccc(O)cc2)C(C)(C)C1. The maximum Gasteiger partial charge on any atom is 0.328 e. The molecule has 1 fully saturated rings. The van der Waals surface area contributed by atoms with E-state index in [4.69, 9.17) is 5.11 Å². The van der Waals surface area contributed by atoms with Gasteiger partial charge in [-0.2, -0.15) is 0 Å². The lowest BCUT2D eigenvalue weighted by Gasteiger charge is -2.48. The lowest BCUT2D eigenvalue weighted by molar-refractivity contribution is -0.131. The molecule has 0 spiro atoms. The van der Waals surface area contributed by atoms with Crippen LogP contribution in [0.4, 0.5) is 0 Å². The molecule has 2 N–H and O–H groups in total. The van der Waals surface area contributed by atoms with Gasteiger partial charge < -0.3 is 10.2 Å². The number of allylic oxidation sites excluding steroid dienone is 1. The summed E-state index contributed by atoms with van der Waals surface area (Å²) in [7, 11) is 0. The van der Waals surface area contributed by atoms with Gasteiger partial charge in [-0.15, -0.1) is 0 Å². The first-order valence-corrected chi connectivity index (χ1v) is 10.1. The topological polar surface area (TPSA) is 57.5 Å². The number of hydrogen-bond donors (Lipinski definition) is 2. The maximum absolute atomic E-state index is 10.7. The van der Waals surface area contributed by atoms with Gasteiger partial charge in [-0.1, -0.05) is 75.7 Å². The standard InChI is InChI=1S/C26H30O3/c1-25(2)16-21(15-19-7-5-18(6-8-19)9-14-23(28)29)24(26(3,4)17-25)20-10-12-22(27)13-11-20/h5-15,24,27H,16-17H2,1-4H3,(H,28,29). The molecule has 0 aromatic heterocycles. The summed E-state index contributed by atoms with van der Waals surface area (Å²) < 4.78 is 0. The second kappa shape index (κ2) is 7.90. The fraction of sp³-hybridized carbons (Fsp3) is 0.346. The molecule has 0 aliphatic heterocycles. The van der Waals surface area contributed by atoms with Crippen molar-refractivity contribution in [1.29, 1.82) is 0 Å². The quantitative estimate of drug-likeness (QED) is 0.586. The second-order valence-electron chi connectivity index (χ2n) is 9.59. The fourth-order valence-corrected chi connectivity index (χ4v) is 5.11. The van der Waals surface area contributed by atoms with Gasteiger partial charge in [0.1, 0.15) is 5.75 Å². The molecule has 0 heterocycles. The Labute approximate surface area is 173 Å². The minimum atomic E-state index is -0.945. The van der Waals surface area contributed by atoms with E-state index in [0.717, 1.165) is 30.0 Å². The van der Waals surface area contributed by atoms with Crippen molar-refractivity contribution in [2.24, 2.45) is 10.8 Å². The van der Waals surface area contributed by atoms with Gasteiger partial charge in [0.2, 0.25) is 0 Å². The lowest BCUT2D eigenvalue weighted by atomic mass is 9.56. The molecule has 1 aliphatic carbocycles. The fourth-order valence-electron chi connectivity index (χ4n) is 5.11. The highest BCUT2D eigenvalue weighted by Gasteiger charge is 2.43.